The molecule has 0 aliphatic carbocycles. The van der Waals surface area contributed by atoms with Crippen LogP contribution in [0.1, 0.15) is 5.69 Å². The monoisotopic (exact) mass is 367 g/mol. The number of hydrogen-bond acceptors (Lipinski definition) is 7. The Labute approximate surface area is 144 Å². The lowest BCUT2D eigenvalue weighted by molar-refractivity contribution is -0.141. The lowest BCUT2D eigenvalue weighted by atomic mass is 10.3. The van der Waals surface area contributed by atoms with Crippen molar-refractivity contribution in [3.63, 3.8) is 0 Å². The molecule has 0 aliphatic heterocycles. The lowest BCUT2D eigenvalue weighted by Gasteiger charge is -2.09. The van der Waals surface area contributed by atoms with Crippen molar-refractivity contribution in [2.24, 2.45) is 0 Å². The van der Waals surface area contributed by atoms with Crippen molar-refractivity contribution in [3.8, 4) is 11.5 Å². The highest BCUT2D eigenvalue weighted by atomic mass is 35.5. The average molecular weight is 368 g/mol. The number of nitrogens with zero attached hydrogens (tertiary/aromatic N) is 5. The van der Waals surface area contributed by atoms with Crippen LogP contribution in [0.15, 0.2) is 36.5 Å². The minimum atomic E-state index is -4.56. The molecule has 3 aromatic heterocycles. The van der Waals surface area contributed by atoms with Crippen molar-refractivity contribution in [1.29, 1.82) is 0 Å². The molecule has 0 fully saturated rings. The summed E-state index contributed by atoms with van der Waals surface area (Å²) in [6.07, 6.45) is -3.54. The Morgan fingerprint density at radius 1 is 1.04 bits per heavy atom. The minimum absolute atomic E-state index is 0.0383. The van der Waals surface area contributed by atoms with E-state index in [1.807, 2.05) is 0 Å². The van der Waals surface area contributed by atoms with Crippen LogP contribution >= 0.6 is 11.6 Å². The molecule has 11 heteroatoms. The van der Waals surface area contributed by atoms with Crippen LogP contribution in [0, 0.1) is 0 Å². The summed E-state index contributed by atoms with van der Waals surface area (Å²) in [6, 6.07) is 7.00. The van der Waals surface area contributed by atoms with Crippen LogP contribution in [0.2, 0.25) is 5.15 Å². The van der Waals surface area contributed by atoms with Crippen LogP contribution in [0.25, 0.3) is 11.5 Å². The largest absolute Gasteiger partial charge is 0.433 e. The first-order valence-electron chi connectivity index (χ1n) is 6.76. The molecule has 0 atom stereocenters. The Bertz CT molecular complexity index is 917. The predicted molar refractivity (Wildman–Crippen MR) is 85.0 cm³/mol. The molecule has 0 unspecified atom stereocenters. The molecule has 0 spiro atoms. The summed E-state index contributed by atoms with van der Waals surface area (Å²) >= 11 is 5.82. The number of halogens is 4. The van der Waals surface area contributed by atoms with Gasteiger partial charge in [-0.15, -0.1) is 0 Å². The van der Waals surface area contributed by atoms with Gasteiger partial charge < -0.3 is 11.1 Å². The van der Waals surface area contributed by atoms with Gasteiger partial charge in [0.2, 0.25) is 11.9 Å². The van der Waals surface area contributed by atoms with E-state index in [2.05, 4.69) is 30.2 Å². The summed E-state index contributed by atoms with van der Waals surface area (Å²) in [5.41, 5.74) is 5.03. The highest BCUT2D eigenvalue weighted by Crippen LogP contribution is 2.29. The second kappa shape index (κ2) is 6.48. The zero-order valence-corrected chi connectivity index (χ0v) is 13.0. The van der Waals surface area contributed by atoms with E-state index in [9.17, 15) is 13.2 Å². The molecule has 0 radical (unpaired) electrons. The summed E-state index contributed by atoms with van der Waals surface area (Å²) in [5.74, 6) is -0.0365. The second-order valence-electron chi connectivity index (χ2n) is 4.74. The van der Waals surface area contributed by atoms with E-state index in [0.29, 0.717) is 5.69 Å². The molecule has 0 amide bonds. The van der Waals surface area contributed by atoms with Crippen LogP contribution in [0.3, 0.4) is 0 Å². The van der Waals surface area contributed by atoms with Crippen molar-refractivity contribution in [1.82, 2.24) is 24.9 Å². The first-order valence-corrected chi connectivity index (χ1v) is 7.14. The number of nitrogen functional groups attached to an aromatic ring is 1. The fourth-order valence-electron chi connectivity index (χ4n) is 1.89. The summed E-state index contributed by atoms with van der Waals surface area (Å²) in [6.45, 7) is 0. The third-order valence-corrected chi connectivity index (χ3v) is 3.11. The molecule has 3 heterocycles. The molecule has 0 bridgehead atoms. The maximum Gasteiger partial charge on any atom is 0.433 e. The molecule has 3 N–H and O–H groups in total. The van der Waals surface area contributed by atoms with Gasteiger partial charge in [0, 0.05) is 11.9 Å². The molecule has 0 saturated heterocycles. The van der Waals surface area contributed by atoms with Gasteiger partial charge in [-0.25, -0.2) is 4.98 Å². The van der Waals surface area contributed by atoms with Crippen LogP contribution in [0.4, 0.5) is 30.8 Å². The van der Waals surface area contributed by atoms with Gasteiger partial charge >= 0.3 is 6.18 Å². The molecule has 0 saturated carbocycles. The van der Waals surface area contributed by atoms with Crippen molar-refractivity contribution < 1.29 is 13.2 Å². The van der Waals surface area contributed by atoms with Crippen molar-refractivity contribution in [3.05, 3.63) is 47.4 Å². The van der Waals surface area contributed by atoms with Gasteiger partial charge in [0.1, 0.15) is 16.5 Å². The minimum Gasteiger partial charge on any atom is -0.368 e. The zero-order valence-electron chi connectivity index (χ0n) is 12.3. The van der Waals surface area contributed by atoms with Crippen LogP contribution < -0.4 is 11.1 Å². The summed E-state index contributed by atoms with van der Waals surface area (Å²) in [4.78, 5) is 19.2. The highest BCUT2D eigenvalue weighted by molar-refractivity contribution is 6.29. The van der Waals surface area contributed by atoms with E-state index in [4.69, 9.17) is 17.3 Å². The summed E-state index contributed by atoms with van der Waals surface area (Å²) < 4.78 is 38.2. The SMILES string of the molecule is Nc1nc(Nc2ccnc(C(F)(F)F)c2)nc(-c2cccc(Cl)n2)n1. The third kappa shape index (κ3) is 4.10. The van der Waals surface area contributed by atoms with Crippen molar-refractivity contribution in [2.45, 2.75) is 6.18 Å². The molecule has 25 heavy (non-hydrogen) atoms. The molecule has 0 aromatic carbocycles. The maximum absolute atomic E-state index is 12.7. The quantitative estimate of drug-likeness (QED) is 0.684. The number of pyridine rings is 2. The van der Waals surface area contributed by atoms with E-state index < -0.39 is 11.9 Å². The number of rotatable bonds is 3. The smallest absolute Gasteiger partial charge is 0.368 e. The van der Waals surface area contributed by atoms with Crippen LogP contribution in [0.5, 0.6) is 0 Å². The Hall–Kier alpha value is -3.01. The number of hydrogen-bond donors (Lipinski definition) is 2. The fraction of sp³-hybridized carbons (Fsp3) is 0.0714. The second-order valence-corrected chi connectivity index (χ2v) is 5.13. The lowest BCUT2D eigenvalue weighted by Crippen LogP contribution is -2.09. The zero-order chi connectivity index (χ0) is 18.0. The number of anilines is 3. The topological polar surface area (TPSA) is 102 Å². The number of alkyl halides is 3. The third-order valence-electron chi connectivity index (χ3n) is 2.90. The van der Waals surface area contributed by atoms with Gasteiger partial charge in [-0.1, -0.05) is 17.7 Å². The first kappa shape index (κ1) is 16.8. The van der Waals surface area contributed by atoms with Gasteiger partial charge in [0.25, 0.3) is 0 Å². The molecule has 128 valence electrons. The van der Waals surface area contributed by atoms with E-state index >= 15 is 0 Å². The maximum atomic E-state index is 12.7. The van der Waals surface area contributed by atoms with E-state index in [1.54, 1.807) is 18.2 Å². The Kier molecular flexibility index (Phi) is 4.36. The number of nitrogens with one attached hydrogen (secondary N) is 1. The van der Waals surface area contributed by atoms with Crippen molar-refractivity contribution >= 4 is 29.2 Å². The van der Waals surface area contributed by atoms with Gasteiger partial charge in [-0.2, -0.15) is 28.1 Å². The summed E-state index contributed by atoms with van der Waals surface area (Å²) in [7, 11) is 0. The fourth-order valence-corrected chi connectivity index (χ4v) is 2.05. The standard InChI is InChI=1S/C14H9ClF3N7/c15-10-3-1-2-8(22-10)11-23-12(19)25-13(24-11)21-7-4-5-20-9(6-7)14(16,17)18/h1-6H,(H3,19,20,21,23,24,25). The number of nitrogens with two attached hydrogens (primary N) is 1. The van der Waals surface area contributed by atoms with E-state index in [-0.39, 0.29) is 28.6 Å². The molecule has 3 rings (SSSR count). The molecule has 3 aromatic rings. The van der Waals surface area contributed by atoms with Crippen LogP contribution in [-0.4, -0.2) is 24.9 Å². The Morgan fingerprint density at radius 3 is 2.56 bits per heavy atom. The van der Waals surface area contributed by atoms with Gasteiger partial charge in [-0.3, -0.25) is 4.98 Å². The van der Waals surface area contributed by atoms with Crippen LogP contribution in [-0.2, 0) is 6.18 Å². The van der Waals surface area contributed by atoms with E-state index in [1.165, 1.54) is 6.07 Å². The van der Waals surface area contributed by atoms with Gasteiger partial charge in [0.15, 0.2) is 5.82 Å². The molecular formula is C14H9ClF3N7. The molecular weight excluding hydrogens is 359 g/mol. The average Bonchev–Trinajstić information content (AvgIpc) is 2.54. The van der Waals surface area contributed by atoms with Crippen molar-refractivity contribution in [2.75, 3.05) is 11.1 Å². The molecule has 0 aliphatic rings. The van der Waals surface area contributed by atoms with Gasteiger partial charge in [0.05, 0.1) is 0 Å². The molecule has 7 nitrogen and oxygen atoms in total. The highest BCUT2D eigenvalue weighted by Gasteiger charge is 2.32. The van der Waals surface area contributed by atoms with Gasteiger partial charge in [-0.05, 0) is 24.3 Å². The predicted octanol–water partition coefficient (Wildman–Crippen LogP) is 3.33. The number of aromatic nitrogens is 5. The summed E-state index contributed by atoms with van der Waals surface area (Å²) in [5, 5.41) is 2.87. The van der Waals surface area contributed by atoms with E-state index in [0.717, 1.165) is 12.3 Å². The Balaban J connectivity index is 1.94. The first-order chi connectivity index (χ1) is 11.8. The normalized spacial score (nSPS) is 11.4. The Morgan fingerprint density at radius 2 is 1.84 bits per heavy atom.